The van der Waals surface area contributed by atoms with E-state index in [9.17, 15) is 26.3 Å². The molecule has 0 spiro atoms. The fourth-order valence-electron chi connectivity index (χ4n) is 1.67. The van der Waals surface area contributed by atoms with Crippen LogP contribution in [0.2, 0.25) is 0 Å². The lowest BCUT2D eigenvalue weighted by Gasteiger charge is -2.17. The molecule has 0 bridgehead atoms. The molecule has 21 heavy (non-hydrogen) atoms. The van der Waals surface area contributed by atoms with E-state index >= 15 is 0 Å². The molecule has 0 aliphatic heterocycles. The molecule has 0 unspecified atom stereocenters. The molecule has 1 atom stereocenters. The van der Waals surface area contributed by atoms with Crippen LogP contribution in [0, 0.1) is 0 Å². The SMILES string of the molecule is Cl.N[C@H](CCCO)c1cc(C(F)(F)F)cc(C(F)(F)F)c1. The van der Waals surface area contributed by atoms with E-state index in [2.05, 4.69) is 0 Å². The standard InChI is InChI=1S/C12H13F6NO.ClH/c13-11(14,15)8-4-7(10(19)2-1-3-20)5-9(6-8)12(16,17)18;/h4-6,10,20H,1-3,19H2;1H/t10-;/m1./s1. The normalized spacial score (nSPS) is 13.7. The van der Waals surface area contributed by atoms with E-state index in [4.69, 9.17) is 10.8 Å². The van der Waals surface area contributed by atoms with Crippen LogP contribution in [-0.2, 0) is 12.4 Å². The van der Waals surface area contributed by atoms with Gasteiger partial charge in [-0.1, -0.05) is 0 Å². The van der Waals surface area contributed by atoms with Gasteiger partial charge in [0.1, 0.15) is 0 Å². The number of aliphatic hydroxyl groups is 1. The molecule has 0 saturated heterocycles. The molecule has 0 aliphatic rings. The summed E-state index contributed by atoms with van der Waals surface area (Å²) in [5, 5.41) is 8.61. The monoisotopic (exact) mass is 337 g/mol. The molecule has 1 aromatic rings. The molecule has 3 N–H and O–H groups in total. The molecule has 1 rings (SSSR count). The van der Waals surface area contributed by atoms with Crippen molar-refractivity contribution in [3.8, 4) is 0 Å². The van der Waals surface area contributed by atoms with Crippen molar-refractivity contribution < 1.29 is 31.4 Å². The van der Waals surface area contributed by atoms with Gasteiger partial charge in [-0.25, -0.2) is 0 Å². The highest BCUT2D eigenvalue weighted by Crippen LogP contribution is 2.37. The van der Waals surface area contributed by atoms with Gasteiger partial charge in [0.2, 0.25) is 0 Å². The minimum atomic E-state index is -4.88. The van der Waals surface area contributed by atoms with Crippen LogP contribution in [0.5, 0.6) is 0 Å². The van der Waals surface area contributed by atoms with Crippen molar-refractivity contribution in [3.05, 3.63) is 34.9 Å². The number of hydrogen-bond acceptors (Lipinski definition) is 2. The molecule has 0 radical (unpaired) electrons. The fraction of sp³-hybridized carbons (Fsp3) is 0.500. The zero-order valence-corrected chi connectivity index (χ0v) is 11.4. The lowest BCUT2D eigenvalue weighted by atomic mass is 9.97. The van der Waals surface area contributed by atoms with Crippen LogP contribution in [-0.4, -0.2) is 11.7 Å². The van der Waals surface area contributed by atoms with Gasteiger partial charge in [-0.3, -0.25) is 0 Å². The van der Waals surface area contributed by atoms with Gasteiger partial charge in [-0.05, 0) is 36.6 Å². The Bertz CT molecular complexity index is 428. The minimum Gasteiger partial charge on any atom is -0.396 e. The molecule has 0 fully saturated rings. The van der Waals surface area contributed by atoms with Crippen molar-refractivity contribution in [2.45, 2.75) is 31.2 Å². The van der Waals surface area contributed by atoms with Crippen molar-refractivity contribution in [2.75, 3.05) is 6.61 Å². The Hall–Kier alpha value is -0.990. The average Bonchev–Trinajstić information content (AvgIpc) is 2.33. The Labute approximate surface area is 123 Å². The molecule has 122 valence electrons. The molecular weight excluding hydrogens is 324 g/mol. The number of halogens is 7. The Morgan fingerprint density at radius 1 is 0.952 bits per heavy atom. The maximum Gasteiger partial charge on any atom is 0.416 e. The highest BCUT2D eigenvalue weighted by atomic mass is 35.5. The molecule has 0 aromatic heterocycles. The van der Waals surface area contributed by atoms with Crippen LogP contribution in [0.3, 0.4) is 0 Å². The van der Waals surface area contributed by atoms with Crippen molar-refractivity contribution in [2.24, 2.45) is 5.73 Å². The zero-order chi connectivity index (χ0) is 15.6. The van der Waals surface area contributed by atoms with Crippen molar-refractivity contribution in [3.63, 3.8) is 0 Å². The van der Waals surface area contributed by atoms with Crippen LogP contribution in [0.4, 0.5) is 26.3 Å². The fourth-order valence-corrected chi connectivity index (χ4v) is 1.67. The van der Waals surface area contributed by atoms with E-state index in [1.807, 2.05) is 0 Å². The second-order valence-corrected chi connectivity index (χ2v) is 4.31. The van der Waals surface area contributed by atoms with E-state index in [0.717, 1.165) is 0 Å². The lowest BCUT2D eigenvalue weighted by Crippen LogP contribution is -2.16. The van der Waals surface area contributed by atoms with E-state index in [1.165, 1.54) is 0 Å². The third-order valence-electron chi connectivity index (χ3n) is 2.71. The van der Waals surface area contributed by atoms with Crippen molar-refractivity contribution >= 4 is 12.4 Å². The van der Waals surface area contributed by atoms with Gasteiger partial charge in [-0.15, -0.1) is 12.4 Å². The van der Waals surface area contributed by atoms with Gasteiger partial charge in [0.25, 0.3) is 0 Å². The first-order chi connectivity index (χ1) is 9.05. The van der Waals surface area contributed by atoms with Gasteiger partial charge >= 0.3 is 12.4 Å². The van der Waals surface area contributed by atoms with Gasteiger partial charge < -0.3 is 10.8 Å². The maximum atomic E-state index is 12.6. The number of aliphatic hydroxyl groups excluding tert-OH is 1. The number of hydrogen-bond donors (Lipinski definition) is 2. The molecule has 0 heterocycles. The van der Waals surface area contributed by atoms with Gasteiger partial charge in [-0.2, -0.15) is 26.3 Å². The van der Waals surface area contributed by atoms with E-state index in [1.54, 1.807) is 0 Å². The minimum absolute atomic E-state index is 0. The second kappa shape index (κ2) is 7.33. The molecule has 0 amide bonds. The third-order valence-corrected chi connectivity index (χ3v) is 2.71. The second-order valence-electron chi connectivity index (χ2n) is 4.31. The smallest absolute Gasteiger partial charge is 0.396 e. The summed E-state index contributed by atoms with van der Waals surface area (Å²) in [7, 11) is 0. The molecule has 9 heteroatoms. The summed E-state index contributed by atoms with van der Waals surface area (Å²) in [6.07, 6.45) is -9.48. The largest absolute Gasteiger partial charge is 0.416 e. The Morgan fingerprint density at radius 3 is 1.71 bits per heavy atom. The molecule has 1 aromatic carbocycles. The first-order valence-electron chi connectivity index (χ1n) is 5.71. The number of nitrogens with two attached hydrogens (primary N) is 1. The Balaban J connectivity index is 0.00000400. The first kappa shape index (κ1) is 20.0. The van der Waals surface area contributed by atoms with Gasteiger partial charge in [0, 0.05) is 12.6 Å². The predicted molar refractivity (Wildman–Crippen MR) is 66.9 cm³/mol. The highest BCUT2D eigenvalue weighted by molar-refractivity contribution is 5.85. The lowest BCUT2D eigenvalue weighted by molar-refractivity contribution is -0.143. The molecule has 2 nitrogen and oxygen atoms in total. The van der Waals surface area contributed by atoms with Crippen LogP contribution in [0.25, 0.3) is 0 Å². The topological polar surface area (TPSA) is 46.2 Å². The van der Waals surface area contributed by atoms with Crippen LogP contribution < -0.4 is 5.73 Å². The van der Waals surface area contributed by atoms with E-state index in [0.29, 0.717) is 12.1 Å². The summed E-state index contributed by atoms with van der Waals surface area (Å²) in [5.41, 5.74) is 2.54. The van der Waals surface area contributed by atoms with Crippen molar-refractivity contribution in [1.29, 1.82) is 0 Å². The van der Waals surface area contributed by atoms with Gasteiger partial charge in [0.05, 0.1) is 11.1 Å². The summed E-state index contributed by atoms with van der Waals surface area (Å²) in [5.74, 6) is 0. The summed E-state index contributed by atoms with van der Waals surface area (Å²) in [6.45, 7) is -0.237. The third kappa shape index (κ3) is 5.72. The summed E-state index contributed by atoms with van der Waals surface area (Å²) < 4.78 is 75.6. The number of rotatable bonds is 4. The van der Waals surface area contributed by atoms with E-state index in [-0.39, 0.29) is 43.5 Å². The molecular formula is C12H14ClF6NO. The Morgan fingerprint density at radius 2 is 1.38 bits per heavy atom. The zero-order valence-electron chi connectivity index (χ0n) is 10.6. The predicted octanol–water partition coefficient (Wildman–Crippen LogP) is 3.92. The van der Waals surface area contributed by atoms with E-state index < -0.39 is 29.5 Å². The highest BCUT2D eigenvalue weighted by Gasteiger charge is 2.37. The number of alkyl halides is 6. The first-order valence-corrected chi connectivity index (χ1v) is 5.71. The molecule has 0 saturated carbocycles. The number of benzene rings is 1. The van der Waals surface area contributed by atoms with Crippen molar-refractivity contribution in [1.82, 2.24) is 0 Å². The summed E-state index contributed by atoms with van der Waals surface area (Å²) >= 11 is 0. The average molecular weight is 338 g/mol. The van der Waals surface area contributed by atoms with Crippen LogP contribution in [0.1, 0.15) is 35.6 Å². The van der Waals surface area contributed by atoms with Crippen LogP contribution >= 0.6 is 12.4 Å². The Kier molecular flexibility index (Phi) is 6.98. The summed E-state index contributed by atoms with van der Waals surface area (Å²) in [4.78, 5) is 0. The molecule has 0 aliphatic carbocycles. The quantitative estimate of drug-likeness (QED) is 0.818. The maximum absolute atomic E-state index is 12.6. The van der Waals surface area contributed by atoms with Crippen LogP contribution in [0.15, 0.2) is 18.2 Å². The van der Waals surface area contributed by atoms with Gasteiger partial charge in [0.15, 0.2) is 0 Å². The summed E-state index contributed by atoms with van der Waals surface area (Å²) in [6, 6.07) is 0.280.